The quantitative estimate of drug-likeness (QED) is 0.201. The van der Waals surface area contributed by atoms with Crippen LogP contribution in [0.5, 0.6) is 0 Å². The van der Waals surface area contributed by atoms with Crippen LogP contribution >= 0.6 is 0 Å². The Balaban J connectivity index is 1.45. The molecule has 1 aliphatic heterocycles. The smallest absolute Gasteiger partial charge is 0.418 e. The average molecular weight is 722 g/mol. The maximum atomic E-state index is 13.8. The van der Waals surface area contributed by atoms with E-state index in [4.69, 9.17) is 15.2 Å². The van der Waals surface area contributed by atoms with Gasteiger partial charge in [-0.3, -0.25) is 14.4 Å². The van der Waals surface area contributed by atoms with Crippen molar-refractivity contribution in [2.45, 2.75) is 102 Å². The van der Waals surface area contributed by atoms with E-state index >= 15 is 0 Å². The number of nitrogens with one attached hydrogen (secondary N) is 2. The number of ether oxygens (including phenoxy) is 2. The number of nitrogens with two attached hydrogens (primary N) is 1. The molecule has 51 heavy (non-hydrogen) atoms. The largest absolute Gasteiger partial charge is 0.444 e. The van der Waals surface area contributed by atoms with E-state index in [-0.39, 0.29) is 18.5 Å². The summed E-state index contributed by atoms with van der Waals surface area (Å²) in [5.41, 5.74) is 4.93. The third-order valence-corrected chi connectivity index (χ3v) is 8.67. The van der Waals surface area contributed by atoms with Crippen LogP contribution in [-0.4, -0.2) is 76.7 Å². The second kappa shape index (κ2) is 15.7. The van der Waals surface area contributed by atoms with Crippen molar-refractivity contribution in [1.82, 2.24) is 20.4 Å². The van der Waals surface area contributed by atoms with Crippen molar-refractivity contribution in [2.75, 3.05) is 13.1 Å². The summed E-state index contributed by atoms with van der Waals surface area (Å²) in [6.07, 6.45) is -4.82. The van der Waals surface area contributed by atoms with Gasteiger partial charge >= 0.3 is 18.4 Å². The Morgan fingerprint density at radius 1 is 1.06 bits per heavy atom. The third kappa shape index (κ3) is 9.54. The number of halogens is 4. The van der Waals surface area contributed by atoms with E-state index in [0.29, 0.717) is 58.7 Å². The molecule has 1 fully saturated rings. The Kier molecular flexibility index (Phi) is 12.0. The standard InChI is InChI=1S/C35H43F4N5O7/c1-21(35(37,38)39)43(19-22-8-11-25(36)12-9-22)28(45)20-44-30(47)34(51-32(44)49)15-14-24-17-23(10-13-26(24)34)18-41-29(46)27(7-5-6-16-40)42-31(48)50-33(2,3)4/h8-13,17,21,27H,5-7,14-16,18-20,40H2,1-4H3,(H,41,46)(H,42,48)/t21-,27-,34+/m0/s1. The summed E-state index contributed by atoms with van der Waals surface area (Å²) in [7, 11) is 0. The highest BCUT2D eigenvalue weighted by molar-refractivity contribution is 6.06. The van der Waals surface area contributed by atoms with Gasteiger partial charge in [-0.05, 0) is 88.7 Å². The molecule has 3 atom stereocenters. The van der Waals surface area contributed by atoms with E-state index in [1.807, 2.05) is 0 Å². The Bertz CT molecular complexity index is 1630. The molecule has 1 spiro atoms. The molecule has 2 aliphatic rings. The van der Waals surface area contributed by atoms with Crippen molar-refractivity contribution in [3.63, 3.8) is 0 Å². The van der Waals surface area contributed by atoms with Crippen LogP contribution in [0.4, 0.5) is 27.2 Å². The number of benzene rings is 2. The van der Waals surface area contributed by atoms with Gasteiger partial charge in [-0.2, -0.15) is 13.2 Å². The minimum Gasteiger partial charge on any atom is -0.444 e. The fourth-order valence-electron chi connectivity index (χ4n) is 5.97. The van der Waals surface area contributed by atoms with Gasteiger partial charge in [0.1, 0.15) is 30.0 Å². The van der Waals surface area contributed by atoms with Gasteiger partial charge in [0.15, 0.2) is 0 Å². The molecule has 4 rings (SSSR count). The maximum absolute atomic E-state index is 13.8. The summed E-state index contributed by atoms with van der Waals surface area (Å²) in [5.74, 6) is -3.09. The first-order valence-electron chi connectivity index (χ1n) is 16.6. The molecule has 1 heterocycles. The van der Waals surface area contributed by atoms with E-state index in [1.54, 1.807) is 39.0 Å². The zero-order chi connectivity index (χ0) is 37.7. The molecule has 0 radical (unpaired) electrons. The number of rotatable bonds is 13. The number of aryl methyl sites for hydroxylation is 1. The summed E-state index contributed by atoms with van der Waals surface area (Å²) in [6.45, 7) is 4.84. The van der Waals surface area contributed by atoms with E-state index in [2.05, 4.69) is 10.6 Å². The number of nitrogens with zero attached hydrogens (tertiary/aromatic N) is 2. The van der Waals surface area contributed by atoms with E-state index in [1.165, 1.54) is 12.1 Å². The Morgan fingerprint density at radius 2 is 1.73 bits per heavy atom. The van der Waals surface area contributed by atoms with E-state index in [0.717, 1.165) is 19.1 Å². The number of hydrogen-bond donors (Lipinski definition) is 3. The van der Waals surface area contributed by atoms with Crippen LogP contribution in [0.2, 0.25) is 0 Å². The molecule has 0 unspecified atom stereocenters. The Morgan fingerprint density at radius 3 is 2.35 bits per heavy atom. The molecule has 1 aliphatic carbocycles. The van der Waals surface area contributed by atoms with Crippen LogP contribution in [0, 0.1) is 5.82 Å². The average Bonchev–Trinajstić information content (AvgIpc) is 3.52. The summed E-state index contributed by atoms with van der Waals surface area (Å²) < 4.78 is 65.5. The van der Waals surface area contributed by atoms with E-state index < -0.39 is 78.3 Å². The molecule has 16 heteroatoms. The lowest BCUT2D eigenvalue weighted by molar-refractivity contribution is -0.187. The number of alkyl halides is 3. The molecule has 278 valence electrons. The van der Waals surface area contributed by atoms with Gasteiger partial charge in [-0.1, -0.05) is 30.3 Å². The number of imide groups is 1. The van der Waals surface area contributed by atoms with Gasteiger partial charge in [-0.15, -0.1) is 0 Å². The highest BCUT2D eigenvalue weighted by Crippen LogP contribution is 2.45. The zero-order valence-corrected chi connectivity index (χ0v) is 28.9. The summed E-state index contributed by atoms with van der Waals surface area (Å²) in [4.78, 5) is 66.4. The van der Waals surface area contributed by atoms with Crippen LogP contribution in [0.25, 0.3) is 0 Å². The molecular weight excluding hydrogens is 678 g/mol. The Hall–Kier alpha value is -4.73. The molecule has 0 aromatic heterocycles. The lowest BCUT2D eigenvalue weighted by Crippen LogP contribution is -2.51. The predicted octanol–water partition coefficient (Wildman–Crippen LogP) is 4.56. The molecule has 1 saturated heterocycles. The fraction of sp³-hybridized carbons (Fsp3) is 0.514. The van der Waals surface area contributed by atoms with Gasteiger partial charge in [-0.25, -0.2) is 18.9 Å². The first-order chi connectivity index (χ1) is 23.8. The first kappa shape index (κ1) is 39.1. The monoisotopic (exact) mass is 721 g/mol. The first-order valence-corrected chi connectivity index (χ1v) is 16.6. The molecule has 2 aromatic carbocycles. The highest BCUT2D eigenvalue weighted by Gasteiger charge is 2.58. The lowest BCUT2D eigenvalue weighted by Gasteiger charge is -2.31. The second-order valence-corrected chi connectivity index (χ2v) is 13.6. The van der Waals surface area contributed by atoms with E-state index in [9.17, 15) is 41.5 Å². The third-order valence-electron chi connectivity index (χ3n) is 8.67. The number of hydrogen-bond acceptors (Lipinski definition) is 8. The normalized spacial score (nSPS) is 18.3. The predicted molar refractivity (Wildman–Crippen MR) is 175 cm³/mol. The van der Waals surface area contributed by atoms with Gasteiger partial charge in [0.25, 0.3) is 5.91 Å². The van der Waals surface area contributed by atoms with Gasteiger partial charge in [0.2, 0.25) is 17.4 Å². The Labute approximate surface area is 293 Å². The van der Waals surface area contributed by atoms with Crippen molar-refractivity contribution in [1.29, 1.82) is 0 Å². The van der Waals surface area contributed by atoms with Crippen molar-refractivity contribution in [3.05, 3.63) is 70.5 Å². The lowest BCUT2D eigenvalue weighted by atomic mass is 9.94. The number of fused-ring (bicyclic) bond motifs is 2. The highest BCUT2D eigenvalue weighted by atomic mass is 19.4. The molecule has 4 N–H and O–H groups in total. The fourth-order valence-corrected chi connectivity index (χ4v) is 5.97. The number of amides is 5. The van der Waals surface area contributed by atoms with Crippen molar-refractivity contribution >= 4 is 29.9 Å². The van der Waals surface area contributed by atoms with Crippen molar-refractivity contribution in [3.8, 4) is 0 Å². The zero-order valence-electron chi connectivity index (χ0n) is 28.9. The van der Waals surface area contributed by atoms with Crippen LogP contribution in [-0.2, 0) is 49.0 Å². The van der Waals surface area contributed by atoms with Crippen LogP contribution < -0.4 is 16.4 Å². The molecular formula is C35H43F4N5O7. The molecule has 5 amide bonds. The minimum absolute atomic E-state index is 0.0364. The summed E-state index contributed by atoms with van der Waals surface area (Å²) in [5, 5.41) is 5.40. The molecule has 0 bridgehead atoms. The SMILES string of the molecule is C[C@H](N(Cc1ccc(F)cc1)C(=O)CN1C(=O)O[C@@]2(CCc3cc(CNC(=O)[C@H](CCCCN)NC(=O)OC(C)(C)C)ccc32)C1=O)C(F)(F)F. The summed E-state index contributed by atoms with van der Waals surface area (Å²) in [6, 6.07) is 6.35. The van der Waals surface area contributed by atoms with Gasteiger partial charge in [0, 0.05) is 25.1 Å². The number of carbonyl (C=O) groups excluding carboxylic acids is 5. The van der Waals surface area contributed by atoms with Crippen molar-refractivity contribution < 1.29 is 51.0 Å². The minimum atomic E-state index is -4.83. The number of unbranched alkanes of at least 4 members (excludes halogenated alkanes) is 1. The number of carbonyl (C=O) groups is 5. The molecule has 12 nitrogen and oxygen atoms in total. The van der Waals surface area contributed by atoms with Crippen LogP contribution in [0.1, 0.15) is 75.6 Å². The summed E-state index contributed by atoms with van der Waals surface area (Å²) >= 11 is 0. The van der Waals surface area contributed by atoms with Crippen LogP contribution in [0.15, 0.2) is 42.5 Å². The number of alkyl carbamates (subject to hydrolysis) is 1. The van der Waals surface area contributed by atoms with Gasteiger partial charge < -0.3 is 30.7 Å². The van der Waals surface area contributed by atoms with Gasteiger partial charge in [0.05, 0.1) is 0 Å². The van der Waals surface area contributed by atoms with Crippen molar-refractivity contribution in [2.24, 2.45) is 5.73 Å². The molecule has 0 saturated carbocycles. The molecule has 2 aromatic rings. The topological polar surface area (TPSA) is 160 Å². The van der Waals surface area contributed by atoms with Crippen LogP contribution in [0.3, 0.4) is 0 Å². The maximum Gasteiger partial charge on any atom is 0.418 e. The second-order valence-electron chi connectivity index (χ2n) is 13.6.